The van der Waals surface area contributed by atoms with Crippen LogP contribution >= 0.6 is 0 Å². The fraction of sp³-hybridized carbons (Fsp3) is 0.440. The second kappa shape index (κ2) is 10.6. The highest BCUT2D eigenvalue weighted by Crippen LogP contribution is 2.27. The Labute approximate surface area is 185 Å². The summed E-state index contributed by atoms with van der Waals surface area (Å²) in [4.78, 5) is 29.3. The minimum absolute atomic E-state index is 0.0118. The summed E-state index contributed by atoms with van der Waals surface area (Å²) in [6, 6.07) is 18.0. The van der Waals surface area contributed by atoms with Crippen LogP contribution in [0.25, 0.3) is 11.1 Å². The maximum absolute atomic E-state index is 12.8. The predicted molar refractivity (Wildman–Crippen MR) is 126 cm³/mol. The molecule has 0 saturated carbocycles. The molecule has 166 valence electrons. The summed E-state index contributed by atoms with van der Waals surface area (Å²) in [6.07, 6.45) is 0.941. The van der Waals surface area contributed by atoms with E-state index in [0.717, 1.165) is 49.4 Å². The normalized spacial score (nSPS) is 15.8. The number of nitrogens with one attached hydrogen (secondary N) is 2. The van der Waals surface area contributed by atoms with Gasteiger partial charge < -0.3 is 10.6 Å². The molecule has 2 amide bonds. The minimum atomic E-state index is -0.219. The van der Waals surface area contributed by atoms with Crippen LogP contribution in [0.2, 0.25) is 0 Å². The highest BCUT2D eigenvalue weighted by Gasteiger charge is 2.21. The average molecular weight is 423 g/mol. The van der Waals surface area contributed by atoms with Crippen LogP contribution in [0.1, 0.15) is 27.2 Å². The third-order valence-electron chi connectivity index (χ3n) is 5.22. The summed E-state index contributed by atoms with van der Waals surface area (Å²) in [5.74, 6) is 0.0403. The van der Waals surface area contributed by atoms with Crippen molar-refractivity contribution in [1.82, 2.24) is 15.1 Å². The molecule has 1 aliphatic heterocycles. The summed E-state index contributed by atoms with van der Waals surface area (Å²) in [5.41, 5.74) is 2.71. The number of para-hydroxylation sites is 1. The quantitative estimate of drug-likeness (QED) is 0.750. The van der Waals surface area contributed by atoms with Crippen LogP contribution in [-0.4, -0.2) is 66.4 Å². The van der Waals surface area contributed by atoms with Crippen molar-refractivity contribution in [3.63, 3.8) is 0 Å². The maximum atomic E-state index is 12.8. The number of carbonyl (C=O) groups excluding carboxylic acids is 2. The number of hydrogen-bond acceptors (Lipinski definition) is 4. The molecule has 1 aliphatic rings. The van der Waals surface area contributed by atoms with Crippen molar-refractivity contribution < 1.29 is 9.59 Å². The van der Waals surface area contributed by atoms with Crippen LogP contribution in [-0.2, 0) is 9.59 Å². The molecule has 6 nitrogen and oxygen atoms in total. The lowest BCUT2D eigenvalue weighted by molar-refractivity contribution is -0.123. The van der Waals surface area contributed by atoms with Gasteiger partial charge in [0, 0.05) is 29.9 Å². The second-order valence-electron chi connectivity index (χ2n) is 9.16. The van der Waals surface area contributed by atoms with Gasteiger partial charge in [0.05, 0.1) is 13.1 Å². The first-order valence-electron chi connectivity index (χ1n) is 11.0. The van der Waals surface area contributed by atoms with Gasteiger partial charge in [-0.3, -0.25) is 19.4 Å². The molecule has 0 aliphatic carbocycles. The molecule has 1 fully saturated rings. The zero-order valence-electron chi connectivity index (χ0n) is 18.9. The molecule has 6 heteroatoms. The van der Waals surface area contributed by atoms with E-state index < -0.39 is 0 Å². The van der Waals surface area contributed by atoms with E-state index in [4.69, 9.17) is 0 Å². The third kappa shape index (κ3) is 7.49. The van der Waals surface area contributed by atoms with E-state index in [1.165, 1.54) is 0 Å². The van der Waals surface area contributed by atoms with Crippen molar-refractivity contribution in [3.8, 4) is 11.1 Å². The second-order valence-corrected chi connectivity index (χ2v) is 9.16. The molecule has 0 radical (unpaired) electrons. The average Bonchev–Trinajstić information content (AvgIpc) is 2.92. The van der Waals surface area contributed by atoms with E-state index in [-0.39, 0.29) is 17.4 Å². The molecule has 31 heavy (non-hydrogen) atoms. The standard InChI is InChI=1S/C25H34N4O2/c1-25(2,3)27-24(31)19-29-15-9-14-28(16-17-29)18-23(30)26-22-13-8-7-12-21(22)20-10-5-4-6-11-20/h4-8,10-13H,9,14-19H2,1-3H3,(H,26,30)(H,27,31). The summed E-state index contributed by atoms with van der Waals surface area (Å²) in [5, 5.41) is 6.11. The number of rotatable bonds is 6. The van der Waals surface area contributed by atoms with Crippen molar-refractivity contribution in [1.29, 1.82) is 0 Å². The lowest BCUT2D eigenvalue weighted by atomic mass is 10.0. The van der Waals surface area contributed by atoms with Crippen molar-refractivity contribution in [3.05, 3.63) is 54.6 Å². The Balaban J connectivity index is 1.52. The van der Waals surface area contributed by atoms with Crippen LogP contribution in [0.5, 0.6) is 0 Å². The molecule has 2 aromatic rings. The lowest BCUT2D eigenvalue weighted by Gasteiger charge is -2.25. The van der Waals surface area contributed by atoms with Crippen LogP contribution < -0.4 is 10.6 Å². The summed E-state index contributed by atoms with van der Waals surface area (Å²) in [7, 11) is 0. The summed E-state index contributed by atoms with van der Waals surface area (Å²) < 4.78 is 0. The lowest BCUT2D eigenvalue weighted by Crippen LogP contribution is -2.46. The SMILES string of the molecule is CC(C)(C)NC(=O)CN1CCCN(CC(=O)Nc2ccccc2-c2ccccc2)CC1. The molecule has 0 atom stereocenters. The van der Waals surface area contributed by atoms with Gasteiger partial charge in [0.1, 0.15) is 0 Å². The predicted octanol–water partition coefficient (Wildman–Crippen LogP) is 3.21. The van der Waals surface area contributed by atoms with E-state index in [2.05, 4.69) is 20.4 Å². The molecule has 0 unspecified atom stereocenters. The van der Waals surface area contributed by atoms with Gasteiger partial charge in [-0.15, -0.1) is 0 Å². The molecule has 1 heterocycles. The first-order chi connectivity index (χ1) is 14.8. The number of benzene rings is 2. The Morgan fingerprint density at radius 1 is 0.806 bits per heavy atom. The fourth-order valence-corrected chi connectivity index (χ4v) is 3.86. The first kappa shape index (κ1) is 23.0. The summed E-state index contributed by atoms with van der Waals surface area (Å²) >= 11 is 0. The fourth-order valence-electron chi connectivity index (χ4n) is 3.86. The van der Waals surface area contributed by atoms with E-state index in [1.807, 2.05) is 75.4 Å². The smallest absolute Gasteiger partial charge is 0.238 e. The van der Waals surface area contributed by atoms with Gasteiger partial charge in [-0.05, 0) is 51.9 Å². The Hall–Kier alpha value is -2.70. The Bertz CT molecular complexity index is 877. The van der Waals surface area contributed by atoms with Crippen LogP contribution in [0.3, 0.4) is 0 Å². The molecule has 1 saturated heterocycles. The number of anilines is 1. The molecular formula is C25H34N4O2. The minimum Gasteiger partial charge on any atom is -0.350 e. The summed E-state index contributed by atoms with van der Waals surface area (Å²) in [6.45, 7) is 10.0. The van der Waals surface area contributed by atoms with Crippen molar-refractivity contribution in [2.75, 3.05) is 44.6 Å². The molecule has 0 aromatic heterocycles. The monoisotopic (exact) mass is 422 g/mol. The Morgan fingerprint density at radius 3 is 2.03 bits per heavy atom. The Kier molecular flexibility index (Phi) is 7.82. The largest absolute Gasteiger partial charge is 0.350 e. The molecule has 0 spiro atoms. The van der Waals surface area contributed by atoms with Gasteiger partial charge in [0.15, 0.2) is 0 Å². The number of amides is 2. The van der Waals surface area contributed by atoms with Gasteiger partial charge in [0.2, 0.25) is 11.8 Å². The van der Waals surface area contributed by atoms with E-state index in [1.54, 1.807) is 0 Å². The van der Waals surface area contributed by atoms with Crippen LogP contribution in [0.15, 0.2) is 54.6 Å². The van der Waals surface area contributed by atoms with Gasteiger partial charge in [0.25, 0.3) is 0 Å². The number of carbonyl (C=O) groups is 2. The highest BCUT2D eigenvalue weighted by atomic mass is 16.2. The molecular weight excluding hydrogens is 388 g/mol. The van der Waals surface area contributed by atoms with Gasteiger partial charge in [-0.25, -0.2) is 0 Å². The zero-order chi connectivity index (χ0) is 22.3. The van der Waals surface area contributed by atoms with Crippen molar-refractivity contribution in [2.24, 2.45) is 0 Å². The molecule has 2 N–H and O–H groups in total. The van der Waals surface area contributed by atoms with Crippen molar-refractivity contribution >= 4 is 17.5 Å². The highest BCUT2D eigenvalue weighted by molar-refractivity contribution is 5.96. The maximum Gasteiger partial charge on any atom is 0.238 e. The van der Waals surface area contributed by atoms with Gasteiger partial charge >= 0.3 is 0 Å². The number of hydrogen-bond donors (Lipinski definition) is 2. The third-order valence-corrected chi connectivity index (χ3v) is 5.22. The first-order valence-corrected chi connectivity index (χ1v) is 11.0. The Morgan fingerprint density at radius 2 is 1.39 bits per heavy atom. The van der Waals surface area contributed by atoms with Crippen molar-refractivity contribution in [2.45, 2.75) is 32.7 Å². The van der Waals surface area contributed by atoms with Crippen LogP contribution in [0.4, 0.5) is 5.69 Å². The van der Waals surface area contributed by atoms with E-state index in [0.29, 0.717) is 13.1 Å². The topological polar surface area (TPSA) is 64.7 Å². The molecule has 0 bridgehead atoms. The van der Waals surface area contributed by atoms with Gasteiger partial charge in [-0.2, -0.15) is 0 Å². The van der Waals surface area contributed by atoms with Gasteiger partial charge in [-0.1, -0.05) is 48.5 Å². The molecule has 3 rings (SSSR count). The van der Waals surface area contributed by atoms with Crippen LogP contribution in [0, 0.1) is 0 Å². The number of nitrogens with zero attached hydrogens (tertiary/aromatic N) is 2. The van der Waals surface area contributed by atoms with E-state index >= 15 is 0 Å². The molecule has 2 aromatic carbocycles. The van der Waals surface area contributed by atoms with E-state index in [9.17, 15) is 9.59 Å². The zero-order valence-corrected chi connectivity index (χ0v) is 18.9.